The highest BCUT2D eigenvalue weighted by atomic mass is 32.3. The van der Waals surface area contributed by atoms with Gasteiger partial charge in [0.15, 0.2) is 0 Å². The maximum atomic E-state index is 12.4. The molecule has 34 heavy (non-hydrogen) atoms. The zero-order chi connectivity index (χ0) is 25.1. The van der Waals surface area contributed by atoms with Crippen molar-refractivity contribution in [1.29, 1.82) is 0 Å². The molecular weight excluding hydrogens is 452 g/mol. The molecule has 0 aliphatic heterocycles. The Balaban J connectivity index is 1.53. The van der Waals surface area contributed by atoms with Crippen LogP contribution in [0.5, 0.6) is 0 Å². The number of aliphatic hydroxyl groups excluding tert-OH is 1. The molecule has 0 aromatic carbocycles. The van der Waals surface area contributed by atoms with E-state index in [0.29, 0.717) is 31.1 Å². The van der Waals surface area contributed by atoms with Crippen LogP contribution in [0, 0.1) is 46.3 Å². The third kappa shape index (κ3) is 4.51. The van der Waals surface area contributed by atoms with E-state index in [4.69, 9.17) is 8.74 Å². The lowest BCUT2D eigenvalue weighted by atomic mass is 9.42. The van der Waals surface area contributed by atoms with Crippen molar-refractivity contribution in [2.24, 2.45) is 46.3 Å². The third-order valence-electron chi connectivity index (χ3n) is 11.2. The number of rotatable bonds is 7. The van der Waals surface area contributed by atoms with Crippen LogP contribution in [0.25, 0.3) is 0 Å². The van der Waals surface area contributed by atoms with E-state index in [-0.39, 0.29) is 28.6 Å². The molecule has 4 aliphatic carbocycles. The van der Waals surface area contributed by atoms with E-state index >= 15 is 0 Å². The summed E-state index contributed by atoms with van der Waals surface area (Å²) in [6.07, 6.45) is 8.78. The van der Waals surface area contributed by atoms with E-state index < -0.39 is 28.2 Å². The third-order valence-corrected chi connectivity index (χ3v) is 11.7. The molecule has 6 nitrogen and oxygen atoms in total. The van der Waals surface area contributed by atoms with Gasteiger partial charge in [0.2, 0.25) is 0 Å². The summed E-state index contributed by atoms with van der Waals surface area (Å²) >= 11 is 0. The predicted molar refractivity (Wildman–Crippen MR) is 132 cm³/mol. The van der Waals surface area contributed by atoms with Crippen molar-refractivity contribution in [3.05, 3.63) is 0 Å². The number of aliphatic hydroxyl groups is 2. The van der Waals surface area contributed by atoms with Crippen LogP contribution in [0.4, 0.5) is 0 Å². The summed E-state index contributed by atoms with van der Waals surface area (Å²) < 4.78 is 36.6. The minimum Gasteiger partial charge on any atom is -0.390 e. The van der Waals surface area contributed by atoms with Gasteiger partial charge >= 0.3 is 10.4 Å². The van der Waals surface area contributed by atoms with E-state index in [1.807, 2.05) is 0 Å². The van der Waals surface area contributed by atoms with Gasteiger partial charge in [0.25, 0.3) is 0 Å². The number of hydrogen-bond donors (Lipinski definition) is 3. The Morgan fingerprint density at radius 2 is 1.59 bits per heavy atom. The lowest BCUT2D eigenvalue weighted by molar-refractivity contribution is -0.270. The van der Waals surface area contributed by atoms with Crippen LogP contribution in [-0.2, 0) is 14.6 Å². The zero-order valence-electron chi connectivity index (χ0n) is 21.9. The highest BCUT2D eigenvalue weighted by molar-refractivity contribution is 7.80. The first-order chi connectivity index (χ1) is 15.7. The van der Waals surface area contributed by atoms with E-state index in [0.717, 1.165) is 38.0 Å². The summed E-state index contributed by atoms with van der Waals surface area (Å²) in [6.45, 7) is 11.6. The molecule has 0 bridgehead atoms. The van der Waals surface area contributed by atoms with Gasteiger partial charge in [-0.05, 0) is 97.7 Å². The maximum Gasteiger partial charge on any atom is 0.397 e. The van der Waals surface area contributed by atoms with Gasteiger partial charge in [-0.25, -0.2) is 4.18 Å². The molecule has 4 rings (SSSR count). The second-order valence-electron chi connectivity index (χ2n) is 13.4. The highest BCUT2D eigenvalue weighted by Crippen LogP contribution is 2.69. The molecule has 0 saturated heterocycles. The van der Waals surface area contributed by atoms with Crippen LogP contribution >= 0.6 is 0 Å². The van der Waals surface area contributed by atoms with Crippen LogP contribution in [0.1, 0.15) is 105 Å². The first kappa shape index (κ1) is 26.8. The van der Waals surface area contributed by atoms with Crippen molar-refractivity contribution in [2.75, 3.05) is 0 Å². The molecule has 3 N–H and O–H groups in total. The molecule has 0 unspecified atom stereocenters. The first-order valence-corrected chi connectivity index (χ1v) is 15.1. The monoisotopic (exact) mass is 500 g/mol. The molecule has 7 heteroatoms. The van der Waals surface area contributed by atoms with Gasteiger partial charge in [-0.2, -0.15) is 8.42 Å². The molecule has 4 aliphatic rings. The lowest BCUT2D eigenvalue weighted by Crippen LogP contribution is -2.69. The van der Waals surface area contributed by atoms with Gasteiger partial charge in [0.1, 0.15) is 0 Å². The molecule has 0 amide bonds. The van der Waals surface area contributed by atoms with Crippen LogP contribution in [0.2, 0.25) is 0 Å². The quantitative estimate of drug-likeness (QED) is 0.405. The van der Waals surface area contributed by atoms with Crippen molar-refractivity contribution in [2.45, 2.75) is 123 Å². The molecule has 4 saturated carbocycles. The molecule has 0 aromatic heterocycles. The normalized spacial score (nSPS) is 47.7. The number of fused-ring (bicyclic) bond motifs is 5. The number of hydrogen-bond acceptors (Lipinski definition) is 5. The average Bonchev–Trinajstić information content (AvgIpc) is 3.07. The fraction of sp³-hybridized carbons (Fsp3) is 1.00. The summed E-state index contributed by atoms with van der Waals surface area (Å²) in [5, 5.41) is 23.8. The Morgan fingerprint density at radius 1 is 0.941 bits per heavy atom. The van der Waals surface area contributed by atoms with Gasteiger partial charge in [-0.1, -0.05) is 53.9 Å². The Labute approximate surface area is 207 Å². The fourth-order valence-electron chi connectivity index (χ4n) is 9.54. The van der Waals surface area contributed by atoms with Gasteiger partial charge in [-0.3, -0.25) is 4.55 Å². The van der Waals surface area contributed by atoms with Crippen molar-refractivity contribution in [3.63, 3.8) is 0 Å². The first-order valence-electron chi connectivity index (χ1n) is 13.8. The molecule has 0 heterocycles. The molecule has 10 atom stereocenters. The molecule has 0 aromatic rings. The standard InChI is InChI=1S/C27H48O6S/c1-17(2)7-6-8-18(3)21-9-10-22-26(21,5)14-12-23-25(4)13-11-20(33-34(30,31)32)15-19(25)16-24(28)27(22,23)29/h17-24,28-29H,6-16H2,1-5H3,(H,30,31,32)/t18-,19-,20-,21-,22-,23-,24-,25+,26-,27-/m1/s1. The molecule has 0 spiro atoms. The topological polar surface area (TPSA) is 104 Å². The SMILES string of the molecule is CC(C)CCC[C@@H](C)[C@H]1CC[C@@H]2[C@]1(C)CC[C@@H]1[C@@]3(C)CC[C@@H](OS(=O)(=O)O)C[C@@H]3C[C@@H](O)[C@]12O. The largest absolute Gasteiger partial charge is 0.397 e. The molecule has 198 valence electrons. The predicted octanol–water partition coefficient (Wildman–Crippen LogP) is 5.38. The van der Waals surface area contributed by atoms with Gasteiger partial charge in [-0.15, -0.1) is 0 Å². The summed E-state index contributed by atoms with van der Waals surface area (Å²) in [7, 11) is -4.49. The lowest BCUT2D eigenvalue weighted by Gasteiger charge is -2.66. The minimum absolute atomic E-state index is 0.00788. The smallest absolute Gasteiger partial charge is 0.390 e. The zero-order valence-corrected chi connectivity index (χ0v) is 22.7. The Kier molecular flexibility index (Phi) is 7.32. The van der Waals surface area contributed by atoms with E-state index in [1.165, 1.54) is 19.3 Å². The van der Waals surface area contributed by atoms with Crippen molar-refractivity contribution < 1.29 is 27.4 Å². The van der Waals surface area contributed by atoms with E-state index in [9.17, 15) is 18.6 Å². The summed E-state index contributed by atoms with van der Waals surface area (Å²) in [5.74, 6) is 2.14. The van der Waals surface area contributed by atoms with Crippen LogP contribution in [0.15, 0.2) is 0 Å². The summed E-state index contributed by atoms with van der Waals surface area (Å²) in [4.78, 5) is 0. The Morgan fingerprint density at radius 3 is 2.24 bits per heavy atom. The summed E-state index contributed by atoms with van der Waals surface area (Å²) in [6, 6.07) is 0. The van der Waals surface area contributed by atoms with Crippen molar-refractivity contribution in [1.82, 2.24) is 0 Å². The summed E-state index contributed by atoms with van der Waals surface area (Å²) in [5.41, 5.74) is -1.19. The van der Waals surface area contributed by atoms with Crippen molar-refractivity contribution in [3.8, 4) is 0 Å². The van der Waals surface area contributed by atoms with Gasteiger partial charge in [0, 0.05) is 0 Å². The Hall–Kier alpha value is -0.210. The van der Waals surface area contributed by atoms with Crippen molar-refractivity contribution >= 4 is 10.4 Å². The van der Waals surface area contributed by atoms with E-state index in [1.54, 1.807) is 0 Å². The maximum absolute atomic E-state index is 12.4. The fourth-order valence-corrected chi connectivity index (χ4v) is 10.1. The minimum atomic E-state index is -4.49. The van der Waals surface area contributed by atoms with Crippen LogP contribution in [-0.4, -0.2) is 41.0 Å². The second-order valence-corrected chi connectivity index (χ2v) is 14.4. The molecule has 0 radical (unpaired) electrons. The molecular formula is C27H48O6S. The highest BCUT2D eigenvalue weighted by Gasteiger charge is 2.69. The van der Waals surface area contributed by atoms with E-state index in [2.05, 4.69) is 34.6 Å². The Bertz CT molecular complexity index is 844. The van der Waals surface area contributed by atoms with Gasteiger partial charge < -0.3 is 10.2 Å². The van der Waals surface area contributed by atoms with Crippen LogP contribution < -0.4 is 0 Å². The molecule has 4 fully saturated rings. The van der Waals surface area contributed by atoms with Gasteiger partial charge in [0.05, 0.1) is 17.8 Å². The average molecular weight is 501 g/mol. The second kappa shape index (κ2) is 9.27. The van der Waals surface area contributed by atoms with Crippen LogP contribution in [0.3, 0.4) is 0 Å².